The number of fused-ring (bicyclic) bond motifs is 1. The van der Waals surface area contributed by atoms with E-state index in [1.54, 1.807) is 24.4 Å². The smallest absolute Gasteiger partial charge is 0.255 e. The highest BCUT2D eigenvalue weighted by atomic mass is 16.5. The van der Waals surface area contributed by atoms with Crippen molar-refractivity contribution in [3.8, 4) is 11.5 Å². The molecule has 1 aromatic carbocycles. The first-order chi connectivity index (χ1) is 10.2. The Morgan fingerprint density at radius 1 is 1.14 bits per heavy atom. The van der Waals surface area contributed by atoms with Crippen molar-refractivity contribution in [1.82, 2.24) is 4.98 Å². The molecule has 0 saturated heterocycles. The maximum absolute atomic E-state index is 12.2. The summed E-state index contributed by atoms with van der Waals surface area (Å²) in [5.74, 6) is 1.10. The Morgan fingerprint density at radius 3 is 2.71 bits per heavy atom. The van der Waals surface area contributed by atoms with Crippen molar-refractivity contribution in [2.45, 2.75) is 13.3 Å². The summed E-state index contributed by atoms with van der Waals surface area (Å²) in [5, 5.41) is 2.81. The summed E-state index contributed by atoms with van der Waals surface area (Å²) in [7, 11) is 0. The number of pyridine rings is 1. The van der Waals surface area contributed by atoms with E-state index in [2.05, 4.69) is 10.3 Å². The van der Waals surface area contributed by atoms with Gasteiger partial charge in [0.2, 0.25) is 0 Å². The van der Waals surface area contributed by atoms with Gasteiger partial charge in [0.1, 0.15) is 0 Å². The molecule has 1 amide bonds. The predicted octanol–water partition coefficient (Wildman–Crippen LogP) is 2.80. The molecule has 21 heavy (non-hydrogen) atoms. The minimum atomic E-state index is -0.198. The number of aromatic nitrogens is 1. The monoisotopic (exact) mass is 284 g/mol. The van der Waals surface area contributed by atoms with E-state index < -0.39 is 0 Å². The van der Waals surface area contributed by atoms with Gasteiger partial charge in [-0.05, 0) is 37.3 Å². The van der Waals surface area contributed by atoms with Crippen molar-refractivity contribution in [1.29, 1.82) is 0 Å². The Hall–Kier alpha value is -2.56. The predicted molar refractivity (Wildman–Crippen MR) is 79.0 cm³/mol. The summed E-state index contributed by atoms with van der Waals surface area (Å²) in [5.41, 5.74) is 2.10. The average Bonchev–Trinajstić information content (AvgIpc) is 2.74. The molecule has 5 nitrogen and oxygen atoms in total. The maximum Gasteiger partial charge on any atom is 0.255 e. The van der Waals surface area contributed by atoms with E-state index in [-0.39, 0.29) is 5.91 Å². The Kier molecular flexibility index (Phi) is 3.73. The lowest BCUT2D eigenvalue weighted by molar-refractivity contribution is 0.102. The van der Waals surface area contributed by atoms with Crippen LogP contribution in [0.1, 0.15) is 22.5 Å². The number of hydrogen-bond acceptors (Lipinski definition) is 4. The first-order valence-corrected chi connectivity index (χ1v) is 6.86. The highest BCUT2D eigenvalue weighted by Crippen LogP contribution is 2.30. The van der Waals surface area contributed by atoms with E-state index in [9.17, 15) is 4.79 Å². The number of anilines is 1. The summed E-state index contributed by atoms with van der Waals surface area (Å²) in [6.45, 7) is 3.13. The van der Waals surface area contributed by atoms with Gasteiger partial charge in [-0.25, -0.2) is 0 Å². The summed E-state index contributed by atoms with van der Waals surface area (Å²) in [6.07, 6.45) is 2.47. The number of benzene rings is 1. The molecule has 5 heteroatoms. The molecule has 2 aromatic rings. The molecule has 1 aliphatic heterocycles. The van der Waals surface area contributed by atoms with Crippen LogP contribution in [0.2, 0.25) is 0 Å². The summed E-state index contributed by atoms with van der Waals surface area (Å²) < 4.78 is 11.1. The molecule has 0 atom stereocenters. The molecule has 3 rings (SSSR count). The summed E-state index contributed by atoms with van der Waals surface area (Å²) in [4.78, 5) is 16.4. The number of rotatable bonds is 2. The summed E-state index contributed by atoms with van der Waals surface area (Å²) in [6, 6.07) is 8.87. The van der Waals surface area contributed by atoms with E-state index in [0.717, 1.165) is 12.1 Å². The fourth-order valence-electron chi connectivity index (χ4n) is 2.05. The maximum atomic E-state index is 12.2. The zero-order valence-corrected chi connectivity index (χ0v) is 11.8. The number of ether oxygens (including phenoxy) is 2. The van der Waals surface area contributed by atoms with Crippen LogP contribution in [0.15, 0.2) is 36.5 Å². The van der Waals surface area contributed by atoms with Crippen molar-refractivity contribution in [2.24, 2.45) is 0 Å². The minimum absolute atomic E-state index is 0.198. The number of amides is 1. The van der Waals surface area contributed by atoms with E-state index in [4.69, 9.17) is 9.47 Å². The molecule has 0 bridgehead atoms. The standard InChI is InChI=1S/C16H16N2O3/c1-11-3-5-13(10-17-11)18-16(19)12-4-6-14-15(9-12)21-8-2-7-20-14/h3-6,9-10H,2,7-8H2,1H3,(H,18,19). The zero-order valence-electron chi connectivity index (χ0n) is 11.8. The van der Waals surface area contributed by atoms with Gasteiger partial charge in [0.05, 0.1) is 25.1 Å². The number of hydrogen-bond donors (Lipinski definition) is 1. The zero-order chi connectivity index (χ0) is 14.7. The lowest BCUT2D eigenvalue weighted by Crippen LogP contribution is -2.12. The topological polar surface area (TPSA) is 60.5 Å². The second-order valence-electron chi connectivity index (χ2n) is 4.85. The van der Waals surface area contributed by atoms with Gasteiger partial charge >= 0.3 is 0 Å². The summed E-state index contributed by atoms with van der Waals surface area (Å²) >= 11 is 0. The lowest BCUT2D eigenvalue weighted by Gasteiger charge is -2.09. The van der Waals surface area contributed by atoms with Gasteiger partial charge in [0, 0.05) is 17.7 Å². The average molecular weight is 284 g/mol. The van der Waals surface area contributed by atoms with Crippen LogP contribution in [0.25, 0.3) is 0 Å². The van der Waals surface area contributed by atoms with Crippen LogP contribution in [0.5, 0.6) is 11.5 Å². The number of carbonyl (C=O) groups excluding carboxylic acids is 1. The van der Waals surface area contributed by atoms with Crippen molar-refractivity contribution in [3.63, 3.8) is 0 Å². The molecule has 0 aliphatic carbocycles. The van der Waals surface area contributed by atoms with Gasteiger partial charge in [-0.15, -0.1) is 0 Å². The normalized spacial score (nSPS) is 13.4. The molecule has 0 fully saturated rings. The SMILES string of the molecule is Cc1ccc(NC(=O)c2ccc3c(c2)OCCCO3)cn1. The first-order valence-electron chi connectivity index (χ1n) is 6.86. The van der Waals surface area contributed by atoms with Gasteiger partial charge in [0.25, 0.3) is 5.91 Å². The van der Waals surface area contributed by atoms with Gasteiger partial charge in [-0.2, -0.15) is 0 Å². The number of nitrogens with zero attached hydrogens (tertiary/aromatic N) is 1. The van der Waals surface area contributed by atoms with Crippen LogP contribution in [0, 0.1) is 6.92 Å². The van der Waals surface area contributed by atoms with Gasteiger partial charge in [0.15, 0.2) is 11.5 Å². The Bertz CT molecular complexity index is 653. The van der Waals surface area contributed by atoms with Crippen LogP contribution in [-0.4, -0.2) is 24.1 Å². The molecule has 0 spiro atoms. The largest absolute Gasteiger partial charge is 0.490 e. The third-order valence-corrected chi connectivity index (χ3v) is 3.18. The Balaban J connectivity index is 1.78. The number of carbonyl (C=O) groups is 1. The highest BCUT2D eigenvalue weighted by Gasteiger charge is 2.14. The molecule has 0 radical (unpaired) electrons. The Labute approximate surface area is 122 Å². The van der Waals surface area contributed by atoms with Gasteiger partial charge < -0.3 is 14.8 Å². The fourth-order valence-corrected chi connectivity index (χ4v) is 2.05. The highest BCUT2D eigenvalue weighted by molar-refractivity contribution is 6.04. The van der Waals surface area contributed by atoms with Gasteiger partial charge in [-0.1, -0.05) is 0 Å². The van der Waals surface area contributed by atoms with Crippen molar-refractivity contribution in [3.05, 3.63) is 47.8 Å². The third kappa shape index (κ3) is 3.13. The third-order valence-electron chi connectivity index (χ3n) is 3.18. The van der Waals surface area contributed by atoms with Crippen molar-refractivity contribution >= 4 is 11.6 Å². The molecular weight excluding hydrogens is 268 g/mol. The van der Waals surface area contributed by atoms with E-state index in [0.29, 0.717) is 36.0 Å². The van der Waals surface area contributed by atoms with Crippen molar-refractivity contribution in [2.75, 3.05) is 18.5 Å². The van der Waals surface area contributed by atoms with Crippen LogP contribution in [-0.2, 0) is 0 Å². The molecule has 1 aliphatic rings. The lowest BCUT2D eigenvalue weighted by atomic mass is 10.2. The van der Waals surface area contributed by atoms with Crippen LogP contribution in [0.3, 0.4) is 0 Å². The molecule has 2 heterocycles. The van der Waals surface area contributed by atoms with E-state index in [1.807, 2.05) is 19.1 Å². The Morgan fingerprint density at radius 2 is 1.95 bits per heavy atom. The van der Waals surface area contributed by atoms with Crippen LogP contribution >= 0.6 is 0 Å². The molecule has 1 N–H and O–H groups in total. The number of aryl methyl sites for hydroxylation is 1. The minimum Gasteiger partial charge on any atom is -0.490 e. The van der Waals surface area contributed by atoms with E-state index >= 15 is 0 Å². The molecule has 108 valence electrons. The number of nitrogens with one attached hydrogen (secondary N) is 1. The van der Waals surface area contributed by atoms with E-state index in [1.165, 1.54) is 0 Å². The van der Waals surface area contributed by atoms with Crippen molar-refractivity contribution < 1.29 is 14.3 Å². The second-order valence-corrected chi connectivity index (χ2v) is 4.85. The van der Waals surface area contributed by atoms with Crippen LogP contribution < -0.4 is 14.8 Å². The fraction of sp³-hybridized carbons (Fsp3) is 0.250. The molecule has 1 aromatic heterocycles. The molecule has 0 unspecified atom stereocenters. The molecule has 0 saturated carbocycles. The quantitative estimate of drug-likeness (QED) is 0.921. The van der Waals surface area contributed by atoms with Gasteiger partial charge in [-0.3, -0.25) is 9.78 Å². The molecular formula is C16H16N2O3. The second kappa shape index (κ2) is 5.83. The van der Waals surface area contributed by atoms with Crippen LogP contribution in [0.4, 0.5) is 5.69 Å². The first kappa shape index (κ1) is 13.4.